The number of para-hydroxylation sites is 1. The molecule has 0 saturated heterocycles. The van der Waals surface area contributed by atoms with Gasteiger partial charge in [-0.05, 0) is 49.1 Å². The van der Waals surface area contributed by atoms with E-state index in [0.717, 1.165) is 12.0 Å². The molecule has 1 fully saturated rings. The number of hydrogen-bond acceptors (Lipinski definition) is 0. The minimum absolute atomic E-state index is 0.734. The van der Waals surface area contributed by atoms with Gasteiger partial charge in [0, 0.05) is 17.8 Å². The Morgan fingerprint density at radius 3 is 2.59 bits per heavy atom. The molecule has 0 unspecified atom stereocenters. The molecular weight excluding hydrogens is 206 g/mol. The second-order valence-corrected chi connectivity index (χ2v) is 5.36. The fourth-order valence-corrected chi connectivity index (χ4v) is 3.25. The SMILES string of the molecule is CCC1CCC(n2ccc3ccccc32)CC1. The first-order valence-electron chi connectivity index (χ1n) is 6.94. The van der Waals surface area contributed by atoms with Crippen LogP contribution in [0.3, 0.4) is 0 Å². The van der Waals surface area contributed by atoms with Crippen molar-refractivity contribution >= 4 is 10.9 Å². The van der Waals surface area contributed by atoms with Crippen molar-refractivity contribution in [1.29, 1.82) is 0 Å². The minimum atomic E-state index is 0.734. The topological polar surface area (TPSA) is 4.93 Å². The highest BCUT2D eigenvalue weighted by atomic mass is 15.0. The van der Waals surface area contributed by atoms with E-state index in [0.29, 0.717) is 0 Å². The molecule has 1 heteroatoms. The molecule has 90 valence electrons. The van der Waals surface area contributed by atoms with Crippen LogP contribution in [0.5, 0.6) is 0 Å². The molecule has 1 nitrogen and oxygen atoms in total. The molecule has 0 radical (unpaired) electrons. The van der Waals surface area contributed by atoms with E-state index in [4.69, 9.17) is 0 Å². The largest absolute Gasteiger partial charge is 0.344 e. The summed E-state index contributed by atoms with van der Waals surface area (Å²) in [5.41, 5.74) is 1.41. The zero-order valence-electron chi connectivity index (χ0n) is 10.6. The van der Waals surface area contributed by atoms with Gasteiger partial charge in [0.15, 0.2) is 0 Å². The maximum Gasteiger partial charge on any atom is 0.0482 e. The number of rotatable bonds is 2. The molecule has 1 aromatic heterocycles. The summed E-state index contributed by atoms with van der Waals surface area (Å²) in [7, 11) is 0. The minimum Gasteiger partial charge on any atom is -0.344 e. The molecule has 3 rings (SSSR count). The third kappa shape index (κ3) is 1.99. The summed E-state index contributed by atoms with van der Waals surface area (Å²) in [6, 6.07) is 11.7. The van der Waals surface area contributed by atoms with Crippen LogP contribution >= 0.6 is 0 Å². The van der Waals surface area contributed by atoms with Crippen molar-refractivity contribution in [3.8, 4) is 0 Å². The Labute approximate surface area is 103 Å². The molecule has 1 aliphatic rings. The Morgan fingerprint density at radius 1 is 1.06 bits per heavy atom. The normalized spacial score (nSPS) is 25.2. The van der Waals surface area contributed by atoms with Crippen LogP contribution in [0.25, 0.3) is 10.9 Å². The summed E-state index contributed by atoms with van der Waals surface area (Å²) in [5, 5.41) is 1.38. The second kappa shape index (κ2) is 4.56. The van der Waals surface area contributed by atoms with Gasteiger partial charge < -0.3 is 4.57 Å². The number of fused-ring (bicyclic) bond motifs is 1. The van der Waals surface area contributed by atoms with E-state index < -0.39 is 0 Å². The van der Waals surface area contributed by atoms with Crippen molar-refractivity contribution in [3.63, 3.8) is 0 Å². The van der Waals surface area contributed by atoms with E-state index in [1.807, 2.05) is 0 Å². The van der Waals surface area contributed by atoms with Crippen LogP contribution in [0.15, 0.2) is 36.5 Å². The molecule has 1 aromatic carbocycles. The van der Waals surface area contributed by atoms with Gasteiger partial charge in [-0.15, -0.1) is 0 Å². The quantitative estimate of drug-likeness (QED) is 0.695. The Balaban J connectivity index is 1.85. The van der Waals surface area contributed by atoms with E-state index >= 15 is 0 Å². The zero-order chi connectivity index (χ0) is 11.7. The van der Waals surface area contributed by atoms with Crippen LogP contribution < -0.4 is 0 Å². The van der Waals surface area contributed by atoms with Gasteiger partial charge in [0.25, 0.3) is 0 Å². The lowest BCUT2D eigenvalue weighted by atomic mass is 9.84. The zero-order valence-corrected chi connectivity index (χ0v) is 10.6. The molecule has 1 heterocycles. The summed E-state index contributed by atoms with van der Waals surface area (Å²) in [6.45, 7) is 2.33. The number of aromatic nitrogens is 1. The first-order valence-corrected chi connectivity index (χ1v) is 6.94. The number of nitrogens with zero attached hydrogens (tertiary/aromatic N) is 1. The average molecular weight is 227 g/mol. The van der Waals surface area contributed by atoms with Gasteiger partial charge in [0.2, 0.25) is 0 Å². The lowest BCUT2D eigenvalue weighted by molar-refractivity contribution is 0.273. The monoisotopic (exact) mass is 227 g/mol. The fourth-order valence-electron chi connectivity index (χ4n) is 3.25. The van der Waals surface area contributed by atoms with E-state index in [2.05, 4.69) is 48.0 Å². The highest BCUT2D eigenvalue weighted by Gasteiger charge is 2.21. The fraction of sp³-hybridized carbons (Fsp3) is 0.500. The summed E-state index contributed by atoms with van der Waals surface area (Å²) < 4.78 is 2.50. The molecule has 1 saturated carbocycles. The predicted octanol–water partition coefficient (Wildman–Crippen LogP) is 4.78. The maximum atomic E-state index is 2.50. The third-order valence-electron chi connectivity index (χ3n) is 4.42. The van der Waals surface area contributed by atoms with E-state index in [9.17, 15) is 0 Å². The highest BCUT2D eigenvalue weighted by molar-refractivity contribution is 5.80. The summed E-state index contributed by atoms with van der Waals surface area (Å²) in [6.07, 6.45) is 9.18. The molecule has 2 aromatic rings. The number of hydrogen-bond donors (Lipinski definition) is 0. The Bertz CT molecular complexity index is 489. The molecule has 17 heavy (non-hydrogen) atoms. The van der Waals surface area contributed by atoms with Gasteiger partial charge in [-0.2, -0.15) is 0 Å². The number of benzene rings is 1. The molecular formula is C16H21N. The Kier molecular flexibility index (Phi) is 2.92. The smallest absolute Gasteiger partial charge is 0.0482 e. The van der Waals surface area contributed by atoms with Crippen LogP contribution in [0.4, 0.5) is 0 Å². The Morgan fingerprint density at radius 2 is 1.82 bits per heavy atom. The van der Waals surface area contributed by atoms with Crippen LogP contribution in [0, 0.1) is 5.92 Å². The molecule has 0 aliphatic heterocycles. The summed E-state index contributed by atoms with van der Waals surface area (Å²) >= 11 is 0. The first kappa shape index (κ1) is 10.9. The van der Waals surface area contributed by atoms with Crippen molar-refractivity contribution in [3.05, 3.63) is 36.5 Å². The van der Waals surface area contributed by atoms with Gasteiger partial charge in [-0.1, -0.05) is 31.5 Å². The third-order valence-corrected chi connectivity index (χ3v) is 4.42. The lowest BCUT2D eigenvalue weighted by Gasteiger charge is -2.29. The van der Waals surface area contributed by atoms with Crippen molar-refractivity contribution in [2.24, 2.45) is 5.92 Å². The second-order valence-electron chi connectivity index (χ2n) is 5.36. The van der Waals surface area contributed by atoms with Gasteiger partial charge in [-0.3, -0.25) is 0 Å². The standard InChI is InChI=1S/C16H21N/c1-2-13-7-9-15(10-8-13)17-12-11-14-5-3-4-6-16(14)17/h3-6,11-13,15H,2,7-10H2,1H3. The Hall–Kier alpha value is -1.24. The average Bonchev–Trinajstić information content (AvgIpc) is 2.83. The molecule has 0 atom stereocenters. The molecule has 0 spiro atoms. The van der Waals surface area contributed by atoms with Crippen molar-refractivity contribution < 1.29 is 0 Å². The van der Waals surface area contributed by atoms with E-state index in [1.165, 1.54) is 43.0 Å². The van der Waals surface area contributed by atoms with Gasteiger partial charge in [-0.25, -0.2) is 0 Å². The van der Waals surface area contributed by atoms with Gasteiger partial charge >= 0.3 is 0 Å². The first-order chi connectivity index (χ1) is 8.38. The van der Waals surface area contributed by atoms with Crippen LogP contribution in [-0.2, 0) is 0 Å². The van der Waals surface area contributed by atoms with Crippen molar-refractivity contribution in [2.45, 2.75) is 45.1 Å². The van der Waals surface area contributed by atoms with Crippen molar-refractivity contribution in [1.82, 2.24) is 4.57 Å². The molecule has 1 aliphatic carbocycles. The van der Waals surface area contributed by atoms with Gasteiger partial charge in [0.1, 0.15) is 0 Å². The maximum absolute atomic E-state index is 2.50. The van der Waals surface area contributed by atoms with Crippen LogP contribution in [0.2, 0.25) is 0 Å². The predicted molar refractivity (Wildman–Crippen MR) is 73.2 cm³/mol. The van der Waals surface area contributed by atoms with Crippen LogP contribution in [0.1, 0.15) is 45.1 Å². The van der Waals surface area contributed by atoms with E-state index in [1.54, 1.807) is 0 Å². The van der Waals surface area contributed by atoms with Crippen LogP contribution in [-0.4, -0.2) is 4.57 Å². The lowest BCUT2D eigenvalue weighted by Crippen LogP contribution is -2.17. The highest BCUT2D eigenvalue weighted by Crippen LogP contribution is 2.35. The van der Waals surface area contributed by atoms with Crippen molar-refractivity contribution in [2.75, 3.05) is 0 Å². The molecule has 0 N–H and O–H groups in total. The van der Waals surface area contributed by atoms with E-state index in [-0.39, 0.29) is 0 Å². The summed E-state index contributed by atoms with van der Waals surface area (Å²) in [4.78, 5) is 0. The molecule has 0 amide bonds. The molecule has 0 bridgehead atoms. The summed E-state index contributed by atoms with van der Waals surface area (Å²) in [5.74, 6) is 0.980. The van der Waals surface area contributed by atoms with Gasteiger partial charge in [0.05, 0.1) is 0 Å².